The summed E-state index contributed by atoms with van der Waals surface area (Å²) in [5, 5.41) is 5.87. The van der Waals surface area contributed by atoms with E-state index in [2.05, 4.69) is 51.4 Å². The van der Waals surface area contributed by atoms with Gasteiger partial charge in [-0.25, -0.2) is 0 Å². The number of rotatable bonds is 4. The molecule has 0 aliphatic carbocycles. The lowest BCUT2D eigenvalue weighted by Gasteiger charge is -2.28. The number of halogens is 1. The topological polar surface area (TPSA) is 15.3 Å². The summed E-state index contributed by atoms with van der Waals surface area (Å²) in [6.07, 6.45) is 3.81. The highest BCUT2D eigenvalue weighted by Crippen LogP contribution is 2.23. The van der Waals surface area contributed by atoms with Crippen LogP contribution in [0.1, 0.15) is 38.0 Å². The van der Waals surface area contributed by atoms with Crippen LogP contribution in [-0.2, 0) is 6.54 Å². The Bertz CT molecular complexity index is 366. The molecule has 1 aromatic rings. The molecule has 1 saturated heterocycles. The van der Waals surface area contributed by atoms with E-state index in [-0.39, 0.29) is 0 Å². The third-order valence-corrected chi connectivity index (χ3v) is 5.37. The maximum atomic E-state index is 3.69. The lowest BCUT2D eigenvalue weighted by atomic mass is 10.1. The van der Waals surface area contributed by atoms with E-state index >= 15 is 0 Å². The molecule has 0 bridgehead atoms. The molecule has 2 nitrogen and oxygen atoms in total. The first kappa shape index (κ1) is 14.5. The van der Waals surface area contributed by atoms with Crippen molar-refractivity contribution in [2.24, 2.45) is 0 Å². The minimum absolute atomic E-state index is 0.670. The first-order valence-electron chi connectivity index (χ1n) is 6.89. The van der Waals surface area contributed by atoms with Crippen molar-refractivity contribution in [1.82, 2.24) is 10.2 Å². The van der Waals surface area contributed by atoms with Crippen LogP contribution in [-0.4, -0.2) is 30.1 Å². The van der Waals surface area contributed by atoms with Crippen LogP contribution >= 0.6 is 27.3 Å². The summed E-state index contributed by atoms with van der Waals surface area (Å²) < 4.78 is 1.22. The van der Waals surface area contributed by atoms with Gasteiger partial charge < -0.3 is 5.32 Å². The molecule has 1 fully saturated rings. The van der Waals surface area contributed by atoms with Gasteiger partial charge in [-0.15, -0.1) is 11.3 Å². The maximum Gasteiger partial charge on any atom is 0.0331 e. The normalized spacial score (nSPS) is 26.2. The van der Waals surface area contributed by atoms with E-state index in [9.17, 15) is 0 Å². The Morgan fingerprint density at radius 3 is 3.06 bits per heavy atom. The van der Waals surface area contributed by atoms with E-state index in [4.69, 9.17) is 0 Å². The molecule has 0 spiro atoms. The smallest absolute Gasteiger partial charge is 0.0331 e. The van der Waals surface area contributed by atoms with Gasteiger partial charge in [0, 0.05) is 39.9 Å². The summed E-state index contributed by atoms with van der Waals surface area (Å²) in [6.45, 7) is 8.08. The molecular formula is C14H23BrN2S. The van der Waals surface area contributed by atoms with Crippen LogP contribution in [0.25, 0.3) is 0 Å². The lowest BCUT2D eigenvalue weighted by Crippen LogP contribution is -2.39. The standard InChI is InChI=1S/C14H23BrN2S/c1-3-4-13-8-17(11(2)5-6-16-13)9-14-7-12(15)10-18-14/h7,10-11,13,16H,3-6,8-9H2,1-2H3. The van der Waals surface area contributed by atoms with Gasteiger partial charge in [0.1, 0.15) is 0 Å². The molecule has 102 valence electrons. The Labute approximate surface area is 123 Å². The highest BCUT2D eigenvalue weighted by molar-refractivity contribution is 9.10. The summed E-state index contributed by atoms with van der Waals surface area (Å²) in [4.78, 5) is 4.10. The summed E-state index contributed by atoms with van der Waals surface area (Å²) in [6, 6.07) is 3.61. The average molecular weight is 331 g/mol. The van der Waals surface area contributed by atoms with Gasteiger partial charge in [-0.2, -0.15) is 0 Å². The molecule has 0 saturated carbocycles. The highest BCUT2D eigenvalue weighted by Gasteiger charge is 2.22. The Balaban J connectivity index is 1.98. The molecule has 0 amide bonds. The van der Waals surface area contributed by atoms with Crippen molar-refractivity contribution in [3.05, 3.63) is 20.8 Å². The first-order chi connectivity index (χ1) is 8.69. The molecule has 1 aromatic heterocycles. The maximum absolute atomic E-state index is 3.69. The van der Waals surface area contributed by atoms with Crippen LogP contribution in [0.2, 0.25) is 0 Å². The average Bonchev–Trinajstić information content (AvgIpc) is 2.65. The van der Waals surface area contributed by atoms with Crippen molar-refractivity contribution >= 4 is 27.3 Å². The van der Waals surface area contributed by atoms with Gasteiger partial charge in [0.25, 0.3) is 0 Å². The van der Waals surface area contributed by atoms with Crippen LogP contribution in [0.3, 0.4) is 0 Å². The number of nitrogens with one attached hydrogen (secondary N) is 1. The van der Waals surface area contributed by atoms with E-state index in [0.29, 0.717) is 12.1 Å². The molecule has 0 radical (unpaired) electrons. The van der Waals surface area contributed by atoms with Crippen molar-refractivity contribution in [3.63, 3.8) is 0 Å². The Kier molecular flexibility index (Phi) is 5.67. The Morgan fingerprint density at radius 2 is 2.39 bits per heavy atom. The number of hydrogen-bond acceptors (Lipinski definition) is 3. The van der Waals surface area contributed by atoms with Crippen molar-refractivity contribution in [3.8, 4) is 0 Å². The SMILES string of the molecule is CCCC1CN(Cc2cc(Br)cs2)C(C)CCN1. The largest absolute Gasteiger partial charge is 0.313 e. The fourth-order valence-electron chi connectivity index (χ4n) is 2.61. The minimum Gasteiger partial charge on any atom is -0.313 e. The quantitative estimate of drug-likeness (QED) is 0.901. The van der Waals surface area contributed by atoms with E-state index in [1.165, 1.54) is 35.2 Å². The zero-order valence-electron chi connectivity index (χ0n) is 11.3. The van der Waals surface area contributed by atoms with Gasteiger partial charge in [0.05, 0.1) is 0 Å². The fraction of sp³-hybridized carbons (Fsp3) is 0.714. The summed E-state index contributed by atoms with van der Waals surface area (Å²) >= 11 is 5.40. The van der Waals surface area contributed by atoms with Crippen molar-refractivity contribution in [1.29, 1.82) is 0 Å². The number of hydrogen-bond donors (Lipinski definition) is 1. The van der Waals surface area contributed by atoms with Crippen molar-refractivity contribution in [2.75, 3.05) is 13.1 Å². The predicted octanol–water partition coefficient (Wildman–Crippen LogP) is 3.86. The van der Waals surface area contributed by atoms with Gasteiger partial charge in [-0.3, -0.25) is 4.90 Å². The molecular weight excluding hydrogens is 308 g/mol. The molecule has 1 aliphatic rings. The molecule has 18 heavy (non-hydrogen) atoms. The van der Waals surface area contributed by atoms with Crippen molar-refractivity contribution < 1.29 is 0 Å². The predicted molar refractivity (Wildman–Crippen MR) is 83.2 cm³/mol. The second-order valence-electron chi connectivity index (χ2n) is 5.24. The summed E-state index contributed by atoms with van der Waals surface area (Å²) in [7, 11) is 0. The van der Waals surface area contributed by atoms with Gasteiger partial charge in [0.2, 0.25) is 0 Å². The van der Waals surface area contributed by atoms with Crippen LogP contribution in [0.15, 0.2) is 15.9 Å². The van der Waals surface area contributed by atoms with Gasteiger partial charge in [0.15, 0.2) is 0 Å². The summed E-state index contributed by atoms with van der Waals surface area (Å²) in [5.74, 6) is 0. The van der Waals surface area contributed by atoms with E-state index in [0.717, 1.165) is 13.1 Å². The third-order valence-electron chi connectivity index (χ3n) is 3.69. The number of thiophene rings is 1. The lowest BCUT2D eigenvalue weighted by molar-refractivity contribution is 0.195. The molecule has 0 aromatic carbocycles. The van der Waals surface area contributed by atoms with E-state index < -0.39 is 0 Å². The summed E-state index contributed by atoms with van der Waals surface area (Å²) in [5.41, 5.74) is 0. The minimum atomic E-state index is 0.670. The zero-order valence-corrected chi connectivity index (χ0v) is 13.7. The molecule has 1 aliphatic heterocycles. The zero-order chi connectivity index (χ0) is 13.0. The Morgan fingerprint density at radius 1 is 1.56 bits per heavy atom. The van der Waals surface area contributed by atoms with Crippen LogP contribution in [0.4, 0.5) is 0 Å². The van der Waals surface area contributed by atoms with Crippen LogP contribution < -0.4 is 5.32 Å². The monoisotopic (exact) mass is 330 g/mol. The molecule has 1 N–H and O–H groups in total. The fourth-order valence-corrected chi connectivity index (χ4v) is 4.08. The van der Waals surface area contributed by atoms with Gasteiger partial charge in [-0.1, -0.05) is 13.3 Å². The second-order valence-corrected chi connectivity index (χ2v) is 7.15. The Hall–Kier alpha value is 0.1000. The molecule has 2 rings (SSSR count). The molecule has 4 heteroatoms. The third kappa shape index (κ3) is 4.05. The van der Waals surface area contributed by atoms with Gasteiger partial charge in [-0.05, 0) is 48.3 Å². The molecule has 2 unspecified atom stereocenters. The molecule has 2 atom stereocenters. The van der Waals surface area contributed by atoms with Crippen LogP contribution in [0, 0.1) is 0 Å². The second kappa shape index (κ2) is 7.04. The number of nitrogens with zero attached hydrogens (tertiary/aromatic N) is 1. The van der Waals surface area contributed by atoms with E-state index in [1.807, 2.05) is 11.3 Å². The van der Waals surface area contributed by atoms with Crippen molar-refractivity contribution in [2.45, 2.75) is 51.7 Å². The molecule has 2 heterocycles. The van der Waals surface area contributed by atoms with Crippen LogP contribution in [0.5, 0.6) is 0 Å². The first-order valence-corrected chi connectivity index (χ1v) is 8.56. The highest BCUT2D eigenvalue weighted by atomic mass is 79.9. The van der Waals surface area contributed by atoms with E-state index in [1.54, 1.807) is 0 Å². The van der Waals surface area contributed by atoms with Gasteiger partial charge >= 0.3 is 0 Å².